The van der Waals surface area contributed by atoms with E-state index in [1.165, 1.54) is 5.56 Å². The molecule has 33 heavy (non-hydrogen) atoms. The lowest BCUT2D eigenvalue weighted by molar-refractivity contribution is -0.742. The number of imidazole rings is 1. The molecule has 1 saturated heterocycles. The fourth-order valence-corrected chi connectivity index (χ4v) is 3.70. The van der Waals surface area contributed by atoms with Crippen molar-refractivity contribution in [2.45, 2.75) is 31.3 Å². The Balaban J connectivity index is 0.000000709. The second-order valence-corrected chi connectivity index (χ2v) is 8.15. The number of benzene rings is 2. The summed E-state index contributed by atoms with van der Waals surface area (Å²) >= 11 is 12.2. The fourth-order valence-electron chi connectivity index (χ4n) is 3.38. The molecule has 0 radical (unpaired) electrons. The van der Waals surface area contributed by atoms with Crippen molar-refractivity contribution in [3.63, 3.8) is 0 Å². The van der Waals surface area contributed by atoms with Crippen molar-refractivity contribution < 1.29 is 24.5 Å². The van der Waals surface area contributed by atoms with Crippen LogP contribution in [-0.4, -0.2) is 44.9 Å². The summed E-state index contributed by atoms with van der Waals surface area (Å²) < 4.78 is 20.4. The predicted molar refractivity (Wildman–Crippen MR) is 121 cm³/mol. The van der Waals surface area contributed by atoms with E-state index in [9.17, 15) is 0 Å². The highest BCUT2D eigenvalue weighted by molar-refractivity contribution is 6.32. The lowest BCUT2D eigenvalue weighted by atomic mass is 10.0. The SMILES string of the molecule is Clc1ccc(CC[C@]2(Cn3ccnc3)OC[C@@H](COc3ccccc3Cl)O2)cc1.O=[N+]([O-])O. The van der Waals surface area contributed by atoms with E-state index in [1.54, 1.807) is 18.6 Å². The number of para-hydroxylation sites is 1. The van der Waals surface area contributed by atoms with Gasteiger partial charge in [0.1, 0.15) is 18.5 Å². The molecule has 0 aliphatic carbocycles. The first kappa shape index (κ1) is 24.8. The molecule has 0 spiro atoms. The molecule has 1 N–H and O–H groups in total. The number of aromatic nitrogens is 2. The summed E-state index contributed by atoms with van der Waals surface area (Å²) in [6.45, 7) is 1.39. The minimum Gasteiger partial charge on any atom is -0.489 e. The van der Waals surface area contributed by atoms with Gasteiger partial charge in [-0.3, -0.25) is 0 Å². The largest absolute Gasteiger partial charge is 0.489 e. The molecule has 4 rings (SSSR count). The van der Waals surface area contributed by atoms with Gasteiger partial charge in [0, 0.05) is 23.8 Å². The lowest BCUT2D eigenvalue weighted by Gasteiger charge is -2.28. The van der Waals surface area contributed by atoms with E-state index >= 15 is 0 Å². The van der Waals surface area contributed by atoms with Gasteiger partial charge in [-0.25, -0.2) is 4.98 Å². The summed E-state index contributed by atoms with van der Waals surface area (Å²) in [7, 11) is 0. The first-order chi connectivity index (χ1) is 15.8. The van der Waals surface area contributed by atoms with E-state index < -0.39 is 10.9 Å². The smallest absolute Gasteiger partial charge is 0.291 e. The summed E-state index contributed by atoms with van der Waals surface area (Å²) in [5.74, 6) is -0.0967. The number of nitrogens with zero attached hydrogens (tertiary/aromatic N) is 3. The van der Waals surface area contributed by atoms with Crippen LogP contribution in [0.5, 0.6) is 5.75 Å². The van der Waals surface area contributed by atoms with Crippen LogP contribution >= 0.6 is 23.2 Å². The minimum atomic E-state index is -1.50. The van der Waals surface area contributed by atoms with Crippen molar-refractivity contribution >= 4 is 23.2 Å². The molecular formula is C22H23Cl2N3O6. The molecule has 176 valence electrons. The van der Waals surface area contributed by atoms with Crippen molar-refractivity contribution in [2.24, 2.45) is 0 Å². The second-order valence-electron chi connectivity index (χ2n) is 7.30. The Morgan fingerprint density at radius 3 is 2.64 bits per heavy atom. The van der Waals surface area contributed by atoms with E-state index in [0.29, 0.717) is 37.0 Å². The van der Waals surface area contributed by atoms with Crippen molar-refractivity contribution in [2.75, 3.05) is 13.2 Å². The minimum absolute atomic E-state index is 0.181. The molecule has 2 aromatic carbocycles. The van der Waals surface area contributed by atoms with Crippen LogP contribution in [0.4, 0.5) is 0 Å². The summed E-state index contributed by atoms with van der Waals surface area (Å²) in [4.78, 5) is 12.5. The topological polar surface area (TPSA) is 109 Å². The summed E-state index contributed by atoms with van der Waals surface area (Å²) in [6.07, 6.45) is 6.76. The highest BCUT2D eigenvalue weighted by atomic mass is 35.5. The molecule has 3 aromatic rings. The van der Waals surface area contributed by atoms with Crippen molar-refractivity contribution in [1.82, 2.24) is 9.55 Å². The average Bonchev–Trinajstić information content (AvgIpc) is 3.43. The van der Waals surface area contributed by atoms with Crippen LogP contribution in [0.1, 0.15) is 12.0 Å². The maximum absolute atomic E-state index is 8.36. The second kappa shape index (κ2) is 11.9. The van der Waals surface area contributed by atoms with E-state index in [2.05, 4.69) is 4.98 Å². The molecule has 0 bridgehead atoms. The lowest BCUT2D eigenvalue weighted by Crippen LogP contribution is -2.37. The molecule has 2 atom stereocenters. The van der Waals surface area contributed by atoms with E-state index in [1.807, 2.05) is 53.2 Å². The van der Waals surface area contributed by atoms with Gasteiger partial charge in [-0.15, -0.1) is 10.1 Å². The van der Waals surface area contributed by atoms with E-state index in [0.717, 1.165) is 11.4 Å². The first-order valence-electron chi connectivity index (χ1n) is 10.1. The Bertz CT molecular complexity index is 1020. The summed E-state index contributed by atoms with van der Waals surface area (Å²) in [5, 5.41) is 14.9. The van der Waals surface area contributed by atoms with E-state index in [-0.39, 0.29) is 6.10 Å². The summed E-state index contributed by atoms with van der Waals surface area (Å²) in [5.41, 5.74) is 1.18. The number of ether oxygens (including phenoxy) is 3. The molecule has 1 aliphatic rings. The van der Waals surface area contributed by atoms with Crippen LogP contribution in [-0.2, 0) is 22.4 Å². The Kier molecular flexibility index (Phi) is 8.90. The molecule has 0 saturated carbocycles. The first-order valence-corrected chi connectivity index (χ1v) is 10.8. The molecule has 11 heteroatoms. The molecule has 0 unspecified atom stereocenters. The normalized spacial score (nSPS) is 19.5. The number of hydrogen-bond donors (Lipinski definition) is 1. The number of hydrogen-bond acceptors (Lipinski definition) is 6. The molecule has 9 nitrogen and oxygen atoms in total. The zero-order valence-electron chi connectivity index (χ0n) is 17.5. The highest BCUT2D eigenvalue weighted by Gasteiger charge is 2.42. The third-order valence-corrected chi connectivity index (χ3v) is 5.43. The standard InChI is InChI=1S/C22H22Cl2N2O3.HNO3/c23-18-7-5-17(6-8-18)9-10-22(15-26-12-11-25-16-26)28-14-19(29-22)13-27-21-4-2-1-3-20(21)24;2-1(3)4/h1-8,11-12,16,19H,9-10,13-15H2;(H,2,3,4)/t19-,22+;/m1./s1. The Morgan fingerprint density at radius 2 is 1.97 bits per heavy atom. The highest BCUT2D eigenvalue weighted by Crippen LogP contribution is 2.32. The van der Waals surface area contributed by atoms with Crippen LogP contribution in [0.25, 0.3) is 0 Å². The quantitative estimate of drug-likeness (QED) is 0.357. The van der Waals surface area contributed by atoms with Crippen molar-refractivity contribution in [1.29, 1.82) is 0 Å². The maximum Gasteiger partial charge on any atom is 0.291 e. The van der Waals surface area contributed by atoms with Gasteiger partial charge >= 0.3 is 0 Å². The van der Waals surface area contributed by atoms with Crippen molar-refractivity contribution in [3.8, 4) is 5.75 Å². The zero-order valence-corrected chi connectivity index (χ0v) is 19.1. The third kappa shape index (κ3) is 7.90. The average molecular weight is 496 g/mol. The van der Waals surface area contributed by atoms with E-state index in [4.69, 9.17) is 52.7 Å². The van der Waals surface area contributed by atoms with Gasteiger partial charge in [-0.2, -0.15) is 0 Å². The number of halogens is 2. The molecule has 1 aromatic heterocycles. The molecule has 0 amide bonds. The fraction of sp³-hybridized carbons (Fsp3) is 0.318. The van der Waals surface area contributed by atoms with Gasteiger partial charge in [0.2, 0.25) is 0 Å². The van der Waals surface area contributed by atoms with Gasteiger partial charge in [0.15, 0.2) is 5.79 Å². The third-order valence-electron chi connectivity index (χ3n) is 4.87. The van der Waals surface area contributed by atoms with Gasteiger partial charge < -0.3 is 24.0 Å². The van der Waals surface area contributed by atoms with Crippen LogP contribution < -0.4 is 4.74 Å². The number of rotatable bonds is 8. The zero-order chi connectivity index (χ0) is 23.7. The van der Waals surface area contributed by atoms with Crippen molar-refractivity contribution in [3.05, 3.63) is 93.0 Å². The van der Waals surface area contributed by atoms with Crippen LogP contribution in [0.2, 0.25) is 10.0 Å². The predicted octanol–water partition coefficient (Wildman–Crippen LogP) is 4.67. The van der Waals surface area contributed by atoms with Gasteiger partial charge in [0.25, 0.3) is 5.09 Å². The van der Waals surface area contributed by atoms with Gasteiger partial charge in [0.05, 0.1) is 24.5 Å². The molecular weight excluding hydrogens is 473 g/mol. The van der Waals surface area contributed by atoms with Crippen LogP contribution in [0.3, 0.4) is 0 Å². The monoisotopic (exact) mass is 495 g/mol. The Labute approximate surface area is 200 Å². The maximum atomic E-state index is 8.36. The van der Waals surface area contributed by atoms with Gasteiger partial charge in [-0.05, 0) is 36.2 Å². The van der Waals surface area contributed by atoms with Crippen LogP contribution in [0.15, 0.2) is 67.3 Å². The Morgan fingerprint density at radius 1 is 1.24 bits per heavy atom. The molecule has 1 fully saturated rings. The molecule has 2 heterocycles. The number of aryl methyl sites for hydroxylation is 1. The Hall–Kier alpha value is -2.85. The summed E-state index contributed by atoms with van der Waals surface area (Å²) in [6, 6.07) is 15.3. The van der Waals surface area contributed by atoms with Gasteiger partial charge in [-0.1, -0.05) is 47.5 Å². The van der Waals surface area contributed by atoms with Crippen LogP contribution in [0, 0.1) is 10.1 Å². The molecule has 1 aliphatic heterocycles.